The van der Waals surface area contributed by atoms with E-state index in [-0.39, 0.29) is 21.5 Å². The van der Waals surface area contributed by atoms with E-state index in [4.69, 9.17) is 5.11 Å². The molecule has 0 saturated carbocycles. The van der Waals surface area contributed by atoms with Gasteiger partial charge in [0.25, 0.3) is 7.82 Å². The van der Waals surface area contributed by atoms with Crippen LogP contribution in [-0.4, -0.2) is 18.5 Å². The van der Waals surface area contributed by atoms with Crippen molar-refractivity contribution in [1.29, 1.82) is 0 Å². The Labute approximate surface area is 67.6 Å². The second-order valence-electron chi connectivity index (χ2n) is 1.12. The molecular formula is C5H16O5P-. The van der Waals surface area contributed by atoms with Gasteiger partial charge in [-0.1, -0.05) is 14.9 Å². The monoisotopic (exact) mass is 187 g/mol. The normalized spacial score (nSPS) is 14.1. The van der Waals surface area contributed by atoms with Gasteiger partial charge in [0.2, 0.25) is 0 Å². The van der Waals surface area contributed by atoms with Gasteiger partial charge in [-0.15, -0.1) is 0 Å². The number of hydrogen-bond donors (Lipinski definition) is 1. The Balaban J connectivity index is -0.000000320. The van der Waals surface area contributed by atoms with E-state index in [1.54, 1.807) is 0 Å². The SMILES string of the molecule is C.C.CCOP(=O)([O-])OCO. The average Bonchev–Trinajstić information content (AvgIpc) is 1.64. The van der Waals surface area contributed by atoms with Crippen LogP contribution in [0.25, 0.3) is 0 Å². The predicted molar refractivity (Wildman–Crippen MR) is 40.9 cm³/mol. The highest BCUT2D eigenvalue weighted by Crippen LogP contribution is 2.36. The summed E-state index contributed by atoms with van der Waals surface area (Å²) < 4.78 is 18.1. The molecule has 0 aliphatic carbocycles. The molecule has 0 aliphatic rings. The molecule has 0 aromatic heterocycles. The molecule has 0 aliphatic heterocycles. The molecule has 0 aromatic carbocycles. The molecule has 0 saturated heterocycles. The molecule has 0 spiro atoms. The van der Waals surface area contributed by atoms with E-state index >= 15 is 0 Å². The first kappa shape index (κ1) is 17.2. The van der Waals surface area contributed by atoms with Gasteiger partial charge in [-0.2, -0.15) is 0 Å². The van der Waals surface area contributed by atoms with E-state index in [0.717, 1.165) is 0 Å². The summed E-state index contributed by atoms with van der Waals surface area (Å²) in [5.41, 5.74) is 0. The van der Waals surface area contributed by atoms with E-state index in [0.29, 0.717) is 0 Å². The molecule has 1 unspecified atom stereocenters. The molecule has 0 rings (SSSR count). The standard InChI is InChI=1S/C3H9O5P.2CH4/c1-2-7-9(5,6)8-3-4;;/h4H,2-3H2,1H3,(H,5,6);2*1H4/p-1. The van der Waals surface area contributed by atoms with Gasteiger partial charge in [-0.05, 0) is 6.92 Å². The van der Waals surface area contributed by atoms with Crippen LogP contribution in [0.5, 0.6) is 0 Å². The van der Waals surface area contributed by atoms with Gasteiger partial charge >= 0.3 is 0 Å². The van der Waals surface area contributed by atoms with Gasteiger partial charge in [0.05, 0.1) is 6.61 Å². The zero-order valence-corrected chi connectivity index (χ0v) is 5.84. The molecule has 0 bridgehead atoms. The maximum atomic E-state index is 10.3. The summed E-state index contributed by atoms with van der Waals surface area (Å²) in [5, 5.41) is 7.95. The summed E-state index contributed by atoms with van der Waals surface area (Å²) >= 11 is 0. The second kappa shape index (κ2) is 8.17. The van der Waals surface area contributed by atoms with Crippen LogP contribution in [0.2, 0.25) is 0 Å². The molecule has 0 aromatic rings. The zero-order chi connectivity index (χ0) is 7.33. The smallest absolute Gasteiger partial charge is 0.269 e. The Bertz CT molecular complexity index is 105. The first-order valence-corrected chi connectivity index (χ1v) is 3.79. The Morgan fingerprint density at radius 1 is 1.45 bits per heavy atom. The van der Waals surface area contributed by atoms with Crippen molar-refractivity contribution in [2.75, 3.05) is 13.4 Å². The molecule has 72 valence electrons. The van der Waals surface area contributed by atoms with E-state index in [1.165, 1.54) is 6.92 Å². The minimum Gasteiger partial charge on any atom is -0.756 e. The number of aliphatic hydroxyl groups excluding tert-OH is 1. The first-order valence-electron chi connectivity index (χ1n) is 2.33. The lowest BCUT2D eigenvalue weighted by molar-refractivity contribution is -0.230. The van der Waals surface area contributed by atoms with Crippen LogP contribution in [0.3, 0.4) is 0 Å². The fraction of sp³-hybridized carbons (Fsp3) is 1.00. The molecule has 6 heteroatoms. The van der Waals surface area contributed by atoms with Crippen LogP contribution >= 0.6 is 7.82 Å². The van der Waals surface area contributed by atoms with Crippen LogP contribution in [0.15, 0.2) is 0 Å². The molecule has 5 nitrogen and oxygen atoms in total. The third-order valence-electron chi connectivity index (χ3n) is 0.503. The number of phosphoric ester groups is 1. The summed E-state index contributed by atoms with van der Waals surface area (Å²) in [4.78, 5) is 10.3. The average molecular weight is 187 g/mol. The van der Waals surface area contributed by atoms with Gasteiger partial charge in [0.15, 0.2) is 6.79 Å². The van der Waals surface area contributed by atoms with Crippen molar-refractivity contribution in [2.24, 2.45) is 0 Å². The fourth-order valence-electron chi connectivity index (χ4n) is 0.266. The van der Waals surface area contributed by atoms with Crippen molar-refractivity contribution >= 4 is 7.82 Å². The molecule has 0 heterocycles. The Morgan fingerprint density at radius 3 is 2.18 bits per heavy atom. The molecule has 1 N–H and O–H groups in total. The lowest BCUT2D eigenvalue weighted by atomic mass is 10.9. The van der Waals surface area contributed by atoms with Crippen molar-refractivity contribution < 1.29 is 23.6 Å². The molecule has 0 fully saturated rings. The summed E-state index contributed by atoms with van der Waals surface area (Å²) in [7, 11) is -4.19. The number of aliphatic hydroxyl groups is 1. The van der Waals surface area contributed by atoms with Crippen molar-refractivity contribution in [1.82, 2.24) is 0 Å². The van der Waals surface area contributed by atoms with E-state index in [1.807, 2.05) is 0 Å². The van der Waals surface area contributed by atoms with Crippen LogP contribution in [0, 0.1) is 0 Å². The van der Waals surface area contributed by atoms with Crippen molar-refractivity contribution in [3.05, 3.63) is 0 Å². The molecule has 1 atom stereocenters. The quantitative estimate of drug-likeness (QED) is 0.518. The Kier molecular flexibility index (Phi) is 12.8. The predicted octanol–water partition coefficient (Wildman–Crippen LogP) is 0.730. The largest absolute Gasteiger partial charge is 0.756 e. The second-order valence-corrected chi connectivity index (χ2v) is 2.53. The van der Waals surface area contributed by atoms with Crippen LogP contribution in [0.4, 0.5) is 0 Å². The van der Waals surface area contributed by atoms with E-state index in [2.05, 4.69) is 9.05 Å². The minimum atomic E-state index is -4.19. The molecule has 0 radical (unpaired) electrons. The zero-order valence-electron chi connectivity index (χ0n) is 4.94. The minimum absolute atomic E-state index is 0. The van der Waals surface area contributed by atoms with E-state index < -0.39 is 14.6 Å². The lowest BCUT2D eigenvalue weighted by Gasteiger charge is -2.19. The summed E-state index contributed by atoms with van der Waals surface area (Å²) in [6, 6.07) is 0. The van der Waals surface area contributed by atoms with E-state index in [9.17, 15) is 9.46 Å². The van der Waals surface area contributed by atoms with Gasteiger partial charge in [0.1, 0.15) is 0 Å². The lowest BCUT2D eigenvalue weighted by Crippen LogP contribution is -2.08. The highest BCUT2D eigenvalue weighted by atomic mass is 31.2. The maximum absolute atomic E-state index is 10.3. The number of hydrogen-bond acceptors (Lipinski definition) is 5. The topological polar surface area (TPSA) is 78.8 Å². The van der Waals surface area contributed by atoms with Gasteiger partial charge in [-0.3, -0.25) is 9.09 Å². The van der Waals surface area contributed by atoms with Crippen LogP contribution in [0.1, 0.15) is 21.8 Å². The third kappa shape index (κ3) is 10.1. The molecule has 11 heavy (non-hydrogen) atoms. The summed E-state index contributed by atoms with van der Waals surface area (Å²) in [6.07, 6.45) is 0. The van der Waals surface area contributed by atoms with Crippen molar-refractivity contribution in [2.45, 2.75) is 21.8 Å². The summed E-state index contributed by atoms with van der Waals surface area (Å²) in [5.74, 6) is 0. The Hall–Kier alpha value is 0.0700. The van der Waals surface area contributed by atoms with Crippen LogP contribution < -0.4 is 4.89 Å². The van der Waals surface area contributed by atoms with Gasteiger partial charge < -0.3 is 14.5 Å². The highest BCUT2D eigenvalue weighted by molar-refractivity contribution is 7.45. The van der Waals surface area contributed by atoms with Crippen molar-refractivity contribution in [3.63, 3.8) is 0 Å². The van der Waals surface area contributed by atoms with Gasteiger partial charge in [-0.25, -0.2) is 0 Å². The summed E-state index contributed by atoms with van der Waals surface area (Å²) in [6.45, 7) is 0.646. The number of rotatable bonds is 4. The molecular weight excluding hydrogens is 171 g/mol. The maximum Gasteiger partial charge on any atom is 0.269 e. The highest BCUT2D eigenvalue weighted by Gasteiger charge is 2.04. The third-order valence-corrected chi connectivity index (χ3v) is 1.51. The Morgan fingerprint density at radius 2 is 1.91 bits per heavy atom. The fourth-order valence-corrected chi connectivity index (χ4v) is 0.798. The number of phosphoric acid groups is 1. The van der Waals surface area contributed by atoms with Crippen molar-refractivity contribution in [3.8, 4) is 0 Å². The molecule has 0 amide bonds. The van der Waals surface area contributed by atoms with Gasteiger partial charge in [0, 0.05) is 0 Å². The first-order chi connectivity index (χ1) is 4.12. The van der Waals surface area contributed by atoms with Crippen LogP contribution in [-0.2, 0) is 13.6 Å².